The fraction of sp³-hybridized carbons (Fsp3) is 0.615. The van der Waals surface area contributed by atoms with Crippen molar-refractivity contribution in [2.45, 2.75) is 57.5 Å². The van der Waals surface area contributed by atoms with Crippen LogP contribution in [0, 0.1) is 13.8 Å². The summed E-state index contributed by atoms with van der Waals surface area (Å²) in [5, 5.41) is 3.71. The lowest BCUT2D eigenvalue weighted by atomic mass is 10.1. The van der Waals surface area contributed by atoms with E-state index in [0.29, 0.717) is 46.1 Å². The largest absolute Gasteiger partial charge is 0.490 e. The summed E-state index contributed by atoms with van der Waals surface area (Å²) < 4.78 is 50.6. The predicted molar refractivity (Wildman–Crippen MR) is 140 cm³/mol. The standard InChI is InChI=1S/C26H38N4O7S/c1-4-35-23-9-5-7-21-17-29-12-6-8-22(29)18-30(13-14-34-15-16-36-25(21)23)24(31)10-11-27-38(32,33)26-19(2)28-37-20(26)3/h5,7,9,22,27H,4,6,8,10-18H2,1-3H3/t22-/m0/s1. The van der Waals surface area contributed by atoms with E-state index in [4.69, 9.17) is 18.7 Å². The molecule has 1 saturated heterocycles. The first-order valence-electron chi connectivity index (χ1n) is 13.2. The molecule has 3 heterocycles. The number of hydrogen-bond donors (Lipinski definition) is 1. The predicted octanol–water partition coefficient (Wildman–Crippen LogP) is 2.26. The zero-order chi connectivity index (χ0) is 27.1. The maximum Gasteiger partial charge on any atom is 0.245 e. The highest BCUT2D eigenvalue weighted by molar-refractivity contribution is 7.89. The van der Waals surface area contributed by atoms with Crippen molar-refractivity contribution in [2.24, 2.45) is 0 Å². The van der Waals surface area contributed by atoms with E-state index in [2.05, 4.69) is 20.8 Å². The van der Waals surface area contributed by atoms with E-state index < -0.39 is 10.0 Å². The molecule has 1 atom stereocenters. The van der Waals surface area contributed by atoms with Crippen molar-refractivity contribution in [1.82, 2.24) is 19.7 Å². The van der Waals surface area contributed by atoms with E-state index in [1.165, 1.54) is 0 Å². The number of ether oxygens (including phenoxy) is 3. The highest BCUT2D eigenvalue weighted by Gasteiger charge is 2.30. The summed E-state index contributed by atoms with van der Waals surface area (Å²) in [6, 6.07) is 6.14. The van der Waals surface area contributed by atoms with Crippen molar-refractivity contribution in [3.63, 3.8) is 0 Å². The third-order valence-corrected chi connectivity index (χ3v) is 8.57. The number of aromatic nitrogens is 1. The molecule has 4 rings (SSSR count). The van der Waals surface area contributed by atoms with Gasteiger partial charge >= 0.3 is 0 Å². The van der Waals surface area contributed by atoms with Crippen LogP contribution in [0.3, 0.4) is 0 Å². The number of carbonyl (C=O) groups is 1. The van der Waals surface area contributed by atoms with Gasteiger partial charge in [-0.25, -0.2) is 13.1 Å². The van der Waals surface area contributed by atoms with Crippen molar-refractivity contribution >= 4 is 15.9 Å². The smallest absolute Gasteiger partial charge is 0.245 e. The number of carbonyl (C=O) groups excluding carboxylic acids is 1. The topological polar surface area (TPSA) is 123 Å². The van der Waals surface area contributed by atoms with Crippen LogP contribution in [0.5, 0.6) is 11.5 Å². The second-order valence-electron chi connectivity index (χ2n) is 9.55. The Bertz CT molecular complexity index is 1180. The fourth-order valence-corrected chi connectivity index (χ4v) is 6.44. The van der Waals surface area contributed by atoms with Crippen LogP contribution in [0.2, 0.25) is 0 Å². The molecule has 1 aromatic carbocycles. The number of nitrogens with one attached hydrogen (secondary N) is 1. The Morgan fingerprint density at radius 3 is 2.82 bits per heavy atom. The fourth-order valence-electron chi connectivity index (χ4n) is 5.08. The summed E-state index contributed by atoms with van der Waals surface area (Å²) in [4.78, 5) is 17.4. The Morgan fingerprint density at radius 2 is 2.05 bits per heavy atom. The Morgan fingerprint density at radius 1 is 1.21 bits per heavy atom. The van der Waals surface area contributed by atoms with Crippen molar-refractivity contribution in [3.05, 3.63) is 35.2 Å². The average molecular weight is 551 g/mol. The molecule has 11 nitrogen and oxygen atoms in total. The summed E-state index contributed by atoms with van der Waals surface area (Å²) in [6.07, 6.45) is 2.06. The first-order chi connectivity index (χ1) is 18.3. The maximum atomic E-state index is 13.2. The molecule has 2 aliphatic rings. The van der Waals surface area contributed by atoms with Crippen LogP contribution >= 0.6 is 0 Å². The Balaban J connectivity index is 1.43. The van der Waals surface area contributed by atoms with Gasteiger partial charge in [0.1, 0.15) is 17.2 Å². The van der Waals surface area contributed by atoms with Crippen LogP contribution in [-0.4, -0.2) is 87.9 Å². The summed E-state index contributed by atoms with van der Waals surface area (Å²) in [5.74, 6) is 1.58. The molecular weight excluding hydrogens is 512 g/mol. The first kappa shape index (κ1) is 28.3. The van der Waals surface area contributed by atoms with E-state index in [0.717, 1.165) is 36.4 Å². The minimum atomic E-state index is -3.83. The van der Waals surface area contributed by atoms with E-state index in [-0.39, 0.29) is 41.3 Å². The van der Waals surface area contributed by atoms with Crippen LogP contribution in [-0.2, 0) is 26.1 Å². The van der Waals surface area contributed by atoms with E-state index in [1.807, 2.05) is 19.1 Å². The number of hydrogen-bond acceptors (Lipinski definition) is 9. The van der Waals surface area contributed by atoms with Crippen molar-refractivity contribution in [3.8, 4) is 11.5 Å². The molecule has 1 aromatic heterocycles. The highest BCUT2D eigenvalue weighted by Crippen LogP contribution is 2.34. The van der Waals surface area contributed by atoms with Gasteiger partial charge in [-0.2, -0.15) is 0 Å². The van der Waals surface area contributed by atoms with Crippen LogP contribution in [0.4, 0.5) is 0 Å². The van der Waals surface area contributed by atoms with Gasteiger partial charge in [-0.1, -0.05) is 17.3 Å². The Hall–Kier alpha value is -2.67. The van der Waals surface area contributed by atoms with E-state index >= 15 is 0 Å². The lowest BCUT2D eigenvalue weighted by Gasteiger charge is -2.31. The third-order valence-electron chi connectivity index (χ3n) is 6.86. The van der Waals surface area contributed by atoms with Gasteiger partial charge in [-0.3, -0.25) is 9.69 Å². The number of amides is 1. The minimum Gasteiger partial charge on any atom is -0.490 e. The molecule has 1 amide bonds. The summed E-state index contributed by atoms with van der Waals surface area (Å²) >= 11 is 0. The molecule has 0 aliphatic carbocycles. The number of sulfonamides is 1. The van der Waals surface area contributed by atoms with Crippen LogP contribution < -0.4 is 14.2 Å². The molecule has 2 aromatic rings. The van der Waals surface area contributed by atoms with E-state index in [9.17, 15) is 13.2 Å². The lowest BCUT2D eigenvalue weighted by Crippen LogP contribution is -2.45. The highest BCUT2D eigenvalue weighted by atomic mass is 32.2. The van der Waals surface area contributed by atoms with Crippen LogP contribution in [0.15, 0.2) is 27.6 Å². The molecule has 0 unspecified atom stereocenters. The zero-order valence-corrected chi connectivity index (χ0v) is 23.2. The average Bonchev–Trinajstić information content (AvgIpc) is 3.46. The van der Waals surface area contributed by atoms with Gasteiger partial charge in [0.25, 0.3) is 0 Å². The quantitative estimate of drug-likeness (QED) is 0.553. The first-order valence-corrected chi connectivity index (χ1v) is 14.7. The van der Waals surface area contributed by atoms with Gasteiger partial charge < -0.3 is 23.6 Å². The number of rotatable bonds is 7. The van der Waals surface area contributed by atoms with Gasteiger partial charge in [0.05, 0.1) is 19.8 Å². The van der Waals surface area contributed by atoms with Crippen molar-refractivity contribution in [2.75, 3.05) is 52.6 Å². The van der Waals surface area contributed by atoms with Crippen LogP contribution in [0.25, 0.3) is 0 Å². The molecule has 1 N–H and O–H groups in total. The summed E-state index contributed by atoms with van der Waals surface area (Å²) in [5.41, 5.74) is 1.34. The Kier molecular flexibility index (Phi) is 9.64. The van der Waals surface area contributed by atoms with Crippen LogP contribution in [0.1, 0.15) is 43.2 Å². The molecular formula is C26H38N4O7S. The molecule has 0 spiro atoms. The molecule has 0 saturated carbocycles. The molecule has 12 heteroatoms. The van der Waals surface area contributed by atoms with Gasteiger partial charge in [0.2, 0.25) is 15.9 Å². The van der Waals surface area contributed by atoms with Crippen molar-refractivity contribution in [1.29, 1.82) is 0 Å². The normalized spacial score (nSPS) is 19.4. The molecule has 0 bridgehead atoms. The lowest BCUT2D eigenvalue weighted by molar-refractivity contribution is -0.132. The number of benzene rings is 1. The number of aryl methyl sites for hydroxylation is 2. The molecule has 0 radical (unpaired) electrons. The van der Waals surface area contributed by atoms with Gasteiger partial charge in [0, 0.05) is 44.2 Å². The Labute approximate surface area is 224 Å². The van der Waals surface area contributed by atoms with Gasteiger partial charge in [-0.05, 0) is 46.2 Å². The second kappa shape index (κ2) is 12.9. The van der Waals surface area contributed by atoms with E-state index in [1.54, 1.807) is 18.7 Å². The molecule has 210 valence electrons. The zero-order valence-electron chi connectivity index (χ0n) is 22.4. The number of para-hydroxylation sites is 1. The molecule has 2 aliphatic heterocycles. The number of nitrogens with zero attached hydrogens (tertiary/aromatic N) is 3. The minimum absolute atomic E-state index is 0.0155. The SMILES string of the molecule is CCOc1cccc2c1OCCOCCN(C(=O)CCNS(=O)(=O)c1c(C)noc1C)C[C@@H]1CCCN1C2. The van der Waals surface area contributed by atoms with Gasteiger partial charge in [0.15, 0.2) is 17.3 Å². The monoisotopic (exact) mass is 550 g/mol. The maximum absolute atomic E-state index is 13.2. The molecule has 1 fully saturated rings. The van der Waals surface area contributed by atoms with Crippen molar-refractivity contribution < 1.29 is 31.9 Å². The number of fused-ring (bicyclic) bond motifs is 2. The molecule has 38 heavy (non-hydrogen) atoms. The van der Waals surface area contributed by atoms with Gasteiger partial charge in [-0.15, -0.1) is 0 Å². The summed E-state index contributed by atoms with van der Waals surface area (Å²) in [7, 11) is -3.83. The third kappa shape index (κ3) is 6.85. The second-order valence-corrected chi connectivity index (χ2v) is 11.2. The summed E-state index contributed by atoms with van der Waals surface area (Å²) in [6.45, 7) is 9.34.